The van der Waals surface area contributed by atoms with Crippen LogP contribution in [0, 0.1) is 0 Å². The molecule has 0 saturated carbocycles. The van der Waals surface area contributed by atoms with Crippen molar-refractivity contribution in [3.63, 3.8) is 0 Å². The van der Waals surface area contributed by atoms with Crippen LogP contribution in [0.2, 0.25) is 0 Å². The topological polar surface area (TPSA) is 39.1 Å². The maximum absolute atomic E-state index is 6.08. The number of fused-ring (bicyclic) bond motifs is 1. The summed E-state index contributed by atoms with van der Waals surface area (Å²) in [5.41, 5.74) is 4.51. The molecule has 1 N–H and O–H groups in total. The van der Waals surface area contributed by atoms with Gasteiger partial charge in [0.1, 0.15) is 18.2 Å². The molecule has 1 aliphatic rings. The molecule has 0 spiro atoms. The lowest BCUT2D eigenvalue weighted by molar-refractivity contribution is 0.306. The monoisotopic (exact) mass is 411 g/mol. The van der Waals surface area contributed by atoms with E-state index in [1.165, 1.54) is 30.3 Å². The fourth-order valence-electron chi connectivity index (χ4n) is 4.44. The van der Waals surface area contributed by atoms with Crippen molar-refractivity contribution in [1.82, 2.24) is 14.9 Å². The van der Waals surface area contributed by atoms with Gasteiger partial charge < -0.3 is 14.6 Å². The van der Waals surface area contributed by atoms with Crippen LogP contribution in [0.25, 0.3) is 22.4 Å². The van der Waals surface area contributed by atoms with E-state index in [9.17, 15) is 0 Å². The zero-order valence-electron chi connectivity index (χ0n) is 17.8. The van der Waals surface area contributed by atoms with E-state index in [-0.39, 0.29) is 0 Å². The van der Waals surface area contributed by atoms with Gasteiger partial charge in [-0.25, -0.2) is 4.98 Å². The average Bonchev–Trinajstić information content (AvgIpc) is 3.22. The van der Waals surface area contributed by atoms with Gasteiger partial charge in [-0.2, -0.15) is 0 Å². The fraction of sp³-hybridized carbons (Fsp3) is 0.296. The number of nitrogens with zero attached hydrogens (tertiary/aromatic N) is 2. The molecule has 0 radical (unpaired) electrons. The third-order valence-corrected chi connectivity index (χ3v) is 6.11. The lowest BCUT2D eigenvalue weighted by atomic mass is 10.0. The normalized spacial score (nSPS) is 16.5. The average molecular weight is 412 g/mol. The van der Waals surface area contributed by atoms with E-state index in [4.69, 9.17) is 9.72 Å². The van der Waals surface area contributed by atoms with Crippen molar-refractivity contribution in [3.8, 4) is 17.1 Å². The van der Waals surface area contributed by atoms with E-state index in [0.717, 1.165) is 42.2 Å². The summed E-state index contributed by atoms with van der Waals surface area (Å²) in [5.74, 6) is 1.89. The third kappa shape index (κ3) is 4.64. The van der Waals surface area contributed by atoms with Crippen LogP contribution in [0.3, 0.4) is 0 Å². The molecule has 1 saturated heterocycles. The van der Waals surface area contributed by atoms with Crippen molar-refractivity contribution in [2.45, 2.75) is 44.9 Å². The molecule has 1 fully saturated rings. The number of hydrogen-bond donors (Lipinski definition) is 1. The molecule has 4 heteroatoms. The van der Waals surface area contributed by atoms with Crippen LogP contribution >= 0.6 is 0 Å². The van der Waals surface area contributed by atoms with Gasteiger partial charge in [-0.05, 0) is 55.6 Å². The van der Waals surface area contributed by atoms with Gasteiger partial charge in [0.05, 0.1) is 11.0 Å². The molecule has 1 unspecified atom stereocenters. The van der Waals surface area contributed by atoms with E-state index in [0.29, 0.717) is 12.6 Å². The van der Waals surface area contributed by atoms with Gasteiger partial charge in [-0.1, -0.05) is 61.0 Å². The number of ether oxygens (including phenoxy) is 1. The Morgan fingerprint density at radius 3 is 2.68 bits per heavy atom. The molecule has 0 bridgehead atoms. The van der Waals surface area contributed by atoms with E-state index >= 15 is 0 Å². The summed E-state index contributed by atoms with van der Waals surface area (Å²) in [4.78, 5) is 4.99. The van der Waals surface area contributed by atoms with Crippen LogP contribution in [0.1, 0.15) is 31.2 Å². The van der Waals surface area contributed by atoms with Gasteiger partial charge >= 0.3 is 0 Å². The van der Waals surface area contributed by atoms with Crippen LogP contribution < -0.4 is 10.1 Å². The fourth-order valence-corrected chi connectivity index (χ4v) is 4.44. The third-order valence-electron chi connectivity index (χ3n) is 6.11. The number of para-hydroxylation sites is 2. The van der Waals surface area contributed by atoms with Crippen molar-refractivity contribution in [3.05, 3.63) is 84.4 Å². The first-order chi connectivity index (χ1) is 15.4. The molecule has 0 amide bonds. The summed E-state index contributed by atoms with van der Waals surface area (Å²) >= 11 is 0. The summed E-state index contributed by atoms with van der Waals surface area (Å²) in [6.45, 7) is 2.67. The first-order valence-electron chi connectivity index (χ1n) is 11.3. The second-order valence-electron chi connectivity index (χ2n) is 8.31. The van der Waals surface area contributed by atoms with E-state index < -0.39 is 0 Å². The van der Waals surface area contributed by atoms with Gasteiger partial charge in [-0.15, -0.1) is 0 Å². The number of piperidine rings is 1. The SMILES string of the molecule is c1ccc(COc2cccc(-c3nc4ccccc4n3CCC3CCCCN3)c2)cc1. The van der Waals surface area contributed by atoms with Crippen molar-refractivity contribution in [2.75, 3.05) is 6.54 Å². The van der Waals surface area contributed by atoms with Crippen LogP contribution in [0.4, 0.5) is 0 Å². The van der Waals surface area contributed by atoms with Gasteiger partial charge in [0.25, 0.3) is 0 Å². The first kappa shape index (κ1) is 19.8. The van der Waals surface area contributed by atoms with Crippen LogP contribution in [-0.2, 0) is 13.2 Å². The molecule has 2 heterocycles. The van der Waals surface area contributed by atoms with Gasteiger partial charge in [0.15, 0.2) is 0 Å². The highest BCUT2D eigenvalue weighted by molar-refractivity contribution is 5.80. The number of hydrogen-bond acceptors (Lipinski definition) is 3. The Kier molecular flexibility index (Phi) is 5.99. The Hall–Kier alpha value is -3.11. The minimum atomic E-state index is 0.564. The van der Waals surface area contributed by atoms with Crippen molar-refractivity contribution in [2.24, 2.45) is 0 Å². The predicted octanol–water partition coefficient (Wildman–Crippen LogP) is 5.81. The molecular weight excluding hydrogens is 382 g/mol. The summed E-state index contributed by atoms with van der Waals surface area (Å²) < 4.78 is 8.45. The quantitative estimate of drug-likeness (QED) is 0.417. The highest BCUT2D eigenvalue weighted by atomic mass is 16.5. The van der Waals surface area contributed by atoms with Crippen molar-refractivity contribution < 1.29 is 4.74 Å². The highest BCUT2D eigenvalue weighted by Gasteiger charge is 2.17. The summed E-state index contributed by atoms with van der Waals surface area (Å²) in [5, 5.41) is 3.68. The lowest BCUT2D eigenvalue weighted by Gasteiger charge is -2.24. The molecule has 1 aromatic heterocycles. The predicted molar refractivity (Wildman–Crippen MR) is 126 cm³/mol. The summed E-state index contributed by atoms with van der Waals surface area (Å²) in [7, 11) is 0. The maximum atomic E-state index is 6.08. The van der Waals surface area contributed by atoms with Crippen molar-refractivity contribution in [1.29, 1.82) is 0 Å². The second kappa shape index (κ2) is 9.36. The molecule has 4 nitrogen and oxygen atoms in total. The zero-order valence-corrected chi connectivity index (χ0v) is 17.8. The Labute approximate surface area is 183 Å². The number of benzene rings is 3. The van der Waals surface area contributed by atoms with E-state index in [2.05, 4.69) is 64.5 Å². The largest absolute Gasteiger partial charge is 0.489 e. The molecule has 3 aromatic carbocycles. The minimum Gasteiger partial charge on any atom is -0.489 e. The van der Waals surface area contributed by atoms with E-state index in [1.807, 2.05) is 24.3 Å². The lowest BCUT2D eigenvalue weighted by Crippen LogP contribution is -2.34. The number of nitrogens with one attached hydrogen (secondary N) is 1. The van der Waals surface area contributed by atoms with Gasteiger partial charge in [0.2, 0.25) is 0 Å². The summed E-state index contributed by atoms with van der Waals surface area (Å²) in [6.07, 6.45) is 5.02. The molecule has 1 aliphatic heterocycles. The number of aryl methyl sites for hydroxylation is 1. The van der Waals surface area contributed by atoms with Crippen LogP contribution in [0.15, 0.2) is 78.9 Å². The Morgan fingerprint density at radius 1 is 0.935 bits per heavy atom. The Bertz CT molecular complexity index is 1130. The molecule has 4 aromatic rings. The second-order valence-corrected chi connectivity index (χ2v) is 8.31. The molecular formula is C27H29N3O. The minimum absolute atomic E-state index is 0.564. The molecule has 31 heavy (non-hydrogen) atoms. The van der Waals surface area contributed by atoms with Gasteiger partial charge in [0, 0.05) is 18.2 Å². The van der Waals surface area contributed by atoms with Crippen molar-refractivity contribution >= 4 is 11.0 Å². The van der Waals surface area contributed by atoms with E-state index in [1.54, 1.807) is 0 Å². The Balaban J connectivity index is 1.41. The summed E-state index contributed by atoms with van der Waals surface area (Å²) in [6, 6.07) is 27.6. The van der Waals surface area contributed by atoms with Gasteiger partial charge in [-0.3, -0.25) is 0 Å². The molecule has 5 rings (SSSR count). The first-order valence-corrected chi connectivity index (χ1v) is 11.3. The molecule has 0 aliphatic carbocycles. The Morgan fingerprint density at radius 2 is 1.81 bits per heavy atom. The maximum Gasteiger partial charge on any atom is 0.141 e. The standard InChI is InChI=1S/C27H29N3O/c1-2-9-21(10-3-1)20-31-24-13-8-11-22(19-24)27-29-25-14-4-5-15-26(25)30(27)18-16-23-12-6-7-17-28-23/h1-5,8-11,13-15,19,23,28H,6-7,12,16-18,20H2. The number of rotatable bonds is 7. The zero-order chi connectivity index (χ0) is 20.9. The highest BCUT2D eigenvalue weighted by Crippen LogP contribution is 2.28. The number of aromatic nitrogens is 2. The number of imidazole rings is 1. The van der Waals surface area contributed by atoms with Crippen LogP contribution in [0.5, 0.6) is 5.75 Å². The molecule has 1 atom stereocenters. The molecule has 158 valence electrons. The van der Waals surface area contributed by atoms with Crippen LogP contribution in [-0.4, -0.2) is 22.1 Å². The smallest absolute Gasteiger partial charge is 0.141 e.